The summed E-state index contributed by atoms with van der Waals surface area (Å²) in [5.74, 6) is 0.406. The Morgan fingerprint density at radius 2 is 2.10 bits per heavy atom. The maximum Gasteiger partial charge on any atom is 0.151 e. The van der Waals surface area contributed by atoms with Crippen molar-refractivity contribution >= 4 is 39.3 Å². The average Bonchev–Trinajstić information content (AvgIpc) is 2.81. The summed E-state index contributed by atoms with van der Waals surface area (Å²) in [6, 6.07) is 10.8. The quantitative estimate of drug-likeness (QED) is 0.538. The number of hydrogen-bond donors (Lipinski definition) is 1. The van der Waals surface area contributed by atoms with E-state index in [2.05, 4.69) is 27.6 Å². The van der Waals surface area contributed by atoms with E-state index in [0.717, 1.165) is 14.7 Å². The van der Waals surface area contributed by atoms with Gasteiger partial charge < -0.3 is 10.3 Å². The second kappa shape index (κ2) is 5.05. The van der Waals surface area contributed by atoms with Crippen molar-refractivity contribution in [3.8, 4) is 11.4 Å². The van der Waals surface area contributed by atoms with Gasteiger partial charge in [-0.3, -0.25) is 0 Å². The number of rotatable bonds is 2. The Kier molecular flexibility index (Phi) is 3.37. The SMILES string of the molecule is CCn1c(-c2cc(I)ccc2N)nc2c(F)cccc21. The molecule has 0 radical (unpaired) electrons. The van der Waals surface area contributed by atoms with Crippen LogP contribution < -0.4 is 5.73 Å². The number of benzene rings is 2. The molecule has 1 heterocycles. The number of hydrogen-bond acceptors (Lipinski definition) is 2. The van der Waals surface area contributed by atoms with Crippen LogP contribution in [0.2, 0.25) is 0 Å². The van der Waals surface area contributed by atoms with Crippen LogP contribution in [0.1, 0.15) is 6.92 Å². The van der Waals surface area contributed by atoms with E-state index in [1.54, 1.807) is 6.07 Å². The lowest BCUT2D eigenvalue weighted by Gasteiger charge is -2.09. The third-order valence-electron chi connectivity index (χ3n) is 3.30. The first kappa shape index (κ1) is 13.4. The molecule has 2 aromatic carbocycles. The largest absolute Gasteiger partial charge is 0.398 e. The van der Waals surface area contributed by atoms with Gasteiger partial charge in [0.1, 0.15) is 11.3 Å². The Morgan fingerprint density at radius 3 is 2.85 bits per heavy atom. The van der Waals surface area contributed by atoms with E-state index < -0.39 is 0 Å². The first-order valence-corrected chi connectivity index (χ1v) is 7.40. The van der Waals surface area contributed by atoms with Crippen molar-refractivity contribution in [1.82, 2.24) is 9.55 Å². The highest BCUT2D eigenvalue weighted by molar-refractivity contribution is 14.1. The van der Waals surface area contributed by atoms with Gasteiger partial charge in [0.15, 0.2) is 5.82 Å². The molecular formula is C15H13FIN3. The van der Waals surface area contributed by atoms with Crippen molar-refractivity contribution in [2.45, 2.75) is 13.5 Å². The fraction of sp³-hybridized carbons (Fsp3) is 0.133. The minimum absolute atomic E-state index is 0.305. The van der Waals surface area contributed by atoms with Crippen molar-refractivity contribution in [3.63, 3.8) is 0 Å². The van der Waals surface area contributed by atoms with Crippen LogP contribution in [0.3, 0.4) is 0 Å². The highest BCUT2D eigenvalue weighted by Crippen LogP contribution is 2.31. The van der Waals surface area contributed by atoms with E-state index in [1.165, 1.54) is 6.07 Å². The van der Waals surface area contributed by atoms with Gasteiger partial charge in [0.25, 0.3) is 0 Å². The Labute approximate surface area is 129 Å². The Balaban J connectivity index is 2.36. The maximum atomic E-state index is 13.9. The van der Waals surface area contributed by atoms with E-state index in [4.69, 9.17) is 5.73 Å². The van der Waals surface area contributed by atoms with Gasteiger partial charge in [-0.05, 0) is 59.8 Å². The molecule has 0 aliphatic rings. The first-order valence-electron chi connectivity index (χ1n) is 6.32. The molecule has 0 aliphatic heterocycles. The molecule has 0 spiro atoms. The third-order valence-corrected chi connectivity index (χ3v) is 3.97. The average molecular weight is 381 g/mol. The number of para-hydroxylation sites is 1. The Hall–Kier alpha value is -1.63. The lowest BCUT2D eigenvalue weighted by molar-refractivity contribution is 0.637. The number of nitrogen functional groups attached to an aromatic ring is 1. The fourth-order valence-corrected chi connectivity index (χ4v) is 2.85. The molecule has 0 saturated carbocycles. The van der Waals surface area contributed by atoms with Crippen molar-refractivity contribution in [1.29, 1.82) is 0 Å². The summed E-state index contributed by atoms with van der Waals surface area (Å²) < 4.78 is 17.0. The van der Waals surface area contributed by atoms with Gasteiger partial charge in [0, 0.05) is 21.4 Å². The number of nitrogens with two attached hydrogens (primary N) is 1. The predicted molar refractivity (Wildman–Crippen MR) is 87.9 cm³/mol. The van der Waals surface area contributed by atoms with Gasteiger partial charge >= 0.3 is 0 Å². The summed E-state index contributed by atoms with van der Waals surface area (Å²) in [6.45, 7) is 2.72. The van der Waals surface area contributed by atoms with E-state index >= 15 is 0 Å². The number of fused-ring (bicyclic) bond motifs is 1. The summed E-state index contributed by atoms with van der Waals surface area (Å²) in [7, 11) is 0. The van der Waals surface area contributed by atoms with Crippen molar-refractivity contribution in [2.75, 3.05) is 5.73 Å². The number of aryl methyl sites for hydroxylation is 1. The molecule has 0 bridgehead atoms. The Morgan fingerprint density at radius 1 is 1.30 bits per heavy atom. The lowest BCUT2D eigenvalue weighted by Crippen LogP contribution is -2.00. The van der Waals surface area contributed by atoms with Crippen LogP contribution in [0.15, 0.2) is 36.4 Å². The summed E-state index contributed by atoms with van der Waals surface area (Å²) in [6.07, 6.45) is 0. The molecule has 0 atom stereocenters. The molecule has 1 aromatic heterocycles. The Bertz CT molecular complexity index is 795. The van der Waals surface area contributed by atoms with Crippen molar-refractivity contribution in [3.05, 3.63) is 45.8 Å². The molecule has 5 heteroatoms. The van der Waals surface area contributed by atoms with Crippen LogP contribution in [0.25, 0.3) is 22.4 Å². The van der Waals surface area contributed by atoms with Gasteiger partial charge in [-0.25, -0.2) is 9.37 Å². The summed E-state index contributed by atoms with van der Waals surface area (Å²) >= 11 is 2.23. The van der Waals surface area contributed by atoms with Crippen LogP contribution in [0, 0.1) is 9.39 Å². The zero-order valence-corrected chi connectivity index (χ0v) is 13.1. The molecule has 20 heavy (non-hydrogen) atoms. The van der Waals surface area contributed by atoms with Crippen LogP contribution >= 0.6 is 22.6 Å². The molecule has 0 saturated heterocycles. The predicted octanol–water partition coefficient (Wildman–Crippen LogP) is 4.05. The normalized spacial score (nSPS) is 11.2. The lowest BCUT2D eigenvalue weighted by atomic mass is 10.1. The second-order valence-electron chi connectivity index (χ2n) is 4.52. The zero-order chi connectivity index (χ0) is 14.3. The molecule has 3 rings (SSSR count). The molecule has 102 valence electrons. The molecule has 2 N–H and O–H groups in total. The standard InChI is InChI=1S/C15H13FIN3/c1-2-20-13-5-3-4-11(16)14(13)19-15(20)10-8-9(17)6-7-12(10)18/h3-8H,2,18H2,1H3. The molecular weight excluding hydrogens is 368 g/mol. The number of imidazole rings is 1. The smallest absolute Gasteiger partial charge is 0.151 e. The van der Waals surface area contributed by atoms with Crippen LogP contribution in [0.4, 0.5) is 10.1 Å². The van der Waals surface area contributed by atoms with Crippen LogP contribution in [0.5, 0.6) is 0 Å². The third kappa shape index (κ3) is 2.06. The zero-order valence-electron chi connectivity index (χ0n) is 10.9. The topological polar surface area (TPSA) is 43.8 Å². The maximum absolute atomic E-state index is 13.9. The van der Waals surface area contributed by atoms with Gasteiger partial charge in [-0.15, -0.1) is 0 Å². The highest BCUT2D eigenvalue weighted by atomic mass is 127. The minimum atomic E-state index is -0.305. The summed E-state index contributed by atoms with van der Waals surface area (Å²) in [4.78, 5) is 4.46. The van der Waals surface area contributed by atoms with Crippen molar-refractivity contribution < 1.29 is 4.39 Å². The second-order valence-corrected chi connectivity index (χ2v) is 5.76. The van der Waals surface area contributed by atoms with Gasteiger partial charge in [0.2, 0.25) is 0 Å². The number of halogens is 2. The van der Waals surface area contributed by atoms with E-state index in [9.17, 15) is 4.39 Å². The molecule has 0 aliphatic carbocycles. The van der Waals surface area contributed by atoms with E-state index in [-0.39, 0.29) is 5.82 Å². The molecule has 3 nitrogen and oxygen atoms in total. The van der Waals surface area contributed by atoms with Crippen LogP contribution in [-0.4, -0.2) is 9.55 Å². The van der Waals surface area contributed by atoms with Gasteiger partial charge in [0.05, 0.1) is 5.52 Å². The number of nitrogens with zero attached hydrogens (tertiary/aromatic N) is 2. The van der Waals surface area contributed by atoms with Gasteiger partial charge in [-0.2, -0.15) is 0 Å². The summed E-state index contributed by atoms with van der Waals surface area (Å²) in [5.41, 5.74) is 8.73. The van der Waals surface area contributed by atoms with Crippen molar-refractivity contribution in [2.24, 2.45) is 0 Å². The number of anilines is 1. The highest BCUT2D eigenvalue weighted by Gasteiger charge is 2.16. The van der Waals surface area contributed by atoms with Crippen LogP contribution in [-0.2, 0) is 6.54 Å². The van der Waals surface area contributed by atoms with E-state index in [1.807, 2.05) is 35.8 Å². The van der Waals surface area contributed by atoms with Gasteiger partial charge in [-0.1, -0.05) is 6.07 Å². The molecule has 0 amide bonds. The number of aromatic nitrogens is 2. The monoisotopic (exact) mass is 381 g/mol. The first-order chi connectivity index (χ1) is 9.61. The molecule has 0 unspecified atom stereocenters. The summed E-state index contributed by atoms with van der Waals surface area (Å²) in [5, 5.41) is 0. The molecule has 0 fully saturated rings. The minimum Gasteiger partial charge on any atom is -0.398 e. The fourth-order valence-electron chi connectivity index (χ4n) is 2.36. The van der Waals surface area contributed by atoms with E-state index in [0.29, 0.717) is 23.6 Å². The molecule has 3 aromatic rings.